The van der Waals surface area contributed by atoms with Gasteiger partial charge in [-0.15, -0.1) is 0 Å². The molecule has 0 unspecified atom stereocenters. The van der Waals surface area contributed by atoms with Crippen LogP contribution in [0.1, 0.15) is 93.4 Å². The lowest BCUT2D eigenvalue weighted by Crippen LogP contribution is -2.18. The van der Waals surface area contributed by atoms with Gasteiger partial charge in [0, 0.05) is 0 Å². The Kier molecular flexibility index (Phi) is 10.0. The van der Waals surface area contributed by atoms with Crippen molar-refractivity contribution in [2.45, 2.75) is 72.6 Å². The number of carbonyl (C=O) groups is 2. The summed E-state index contributed by atoms with van der Waals surface area (Å²) in [4.78, 5) is 24.2. The predicted molar refractivity (Wildman–Crippen MR) is 104 cm³/mol. The average molecular weight is 363 g/mol. The first-order chi connectivity index (χ1) is 12.3. The maximum atomic E-state index is 12.1. The van der Waals surface area contributed by atoms with Crippen LogP contribution in [0.25, 0.3) is 0 Å². The highest BCUT2D eigenvalue weighted by molar-refractivity contribution is 5.95. The molecule has 0 bridgehead atoms. The number of ether oxygens (including phenoxy) is 2. The van der Waals surface area contributed by atoms with Crippen LogP contribution in [0.4, 0.5) is 0 Å². The first-order valence-electron chi connectivity index (χ1n) is 9.78. The summed E-state index contributed by atoms with van der Waals surface area (Å²) in [7, 11) is 0. The molecular formula is C22H34O4. The van der Waals surface area contributed by atoms with Gasteiger partial charge in [-0.05, 0) is 30.0 Å². The van der Waals surface area contributed by atoms with Crippen molar-refractivity contribution in [3.05, 3.63) is 35.4 Å². The van der Waals surface area contributed by atoms with Crippen molar-refractivity contribution < 1.29 is 19.1 Å². The first-order valence-corrected chi connectivity index (χ1v) is 9.78. The molecule has 1 aromatic rings. The van der Waals surface area contributed by atoms with Crippen LogP contribution in [-0.2, 0) is 9.47 Å². The number of benzene rings is 1. The molecule has 0 fully saturated rings. The normalized spacial score (nSPS) is 11.2. The van der Waals surface area contributed by atoms with Gasteiger partial charge in [-0.1, -0.05) is 72.3 Å². The second-order valence-corrected chi connectivity index (χ2v) is 7.97. The smallest absolute Gasteiger partial charge is 0.338 e. The molecule has 0 aliphatic heterocycles. The van der Waals surface area contributed by atoms with Crippen molar-refractivity contribution in [3.8, 4) is 0 Å². The summed E-state index contributed by atoms with van der Waals surface area (Å²) in [5.41, 5.74) is 0.667. The van der Waals surface area contributed by atoms with Gasteiger partial charge in [0.05, 0.1) is 24.3 Å². The standard InChI is InChI=1S/C22H34O4/c1-5-6-7-8-9-10-11-15-25-20(23)18-13-12-14-19(16-18)21(24)26-17-22(2,3)4/h12-14,16H,5-11,15,17H2,1-4H3. The van der Waals surface area contributed by atoms with E-state index in [9.17, 15) is 9.59 Å². The summed E-state index contributed by atoms with van der Waals surface area (Å²) in [5, 5.41) is 0. The van der Waals surface area contributed by atoms with Crippen LogP contribution in [-0.4, -0.2) is 25.2 Å². The quantitative estimate of drug-likeness (QED) is 0.369. The summed E-state index contributed by atoms with van der Waals surface area (Å²) < 4.78 is 10.6. The molecule has 4 heteroatoms. The van der Waals surface area contributed by atoms with Crippen molar-refractivity contribution in [2.75, 3.05) is 13.2 Å². The summed E-state index contributed by atoms with van der Waals surface area (Å²) in [6, 6.07) is 6.53. The third kappa shape index (κ3) is 9.59. The molecule has 0 aromatic heterocycles. The molecule has 1 rings (SSSR count). The number of unbranched alkanes of at least 4 members (excludes halogenated alkanes) is 6. The second-order valence-electron chi connectivity index (χ2n) is 7.97. The van der Waals surface area contributed by atoms with Crippen LogP contribution >= 0.6 is 0 Å². The van der Waals surface area contributed by atoms with E-state index < -0.39 is 5.97 Å². The summed E-state index contributed by atoms with van der Waals surface area (Å²) >= 11 is 0. The number of carbonyl (C=O) groups excluding carboxylic acids is 2. The van der Waals surface area contributed by atoms with E-state index in [1.807, 2.05) is 20.8 Å². The highest BCUT2D eigenvalue weighted by Gasteiger charge is 2.16. The van der Waals surface area contributed by atoms with Crippen molar-refractivity contribution in [2.24, 2.45) is 5.41 Å². The van der Waals surface area contributed by atoms with Crippen molar-refractivity contribution in [3.63, 3.8) is 0 Å². The zero-order valence-electron chi connectivity index (χ0n) is 16.8. The third-order valence-corrected chi connectivity index (χ3v) is 3.95. The minimum Gasteiger partial charge on any atom is -0.462 e. The average Bonchev–Trinajstić information content (AvgIpc) is 2.61. The van der Waals surface area contributed by atoms with E-state index in [1.165, 1.54) is 38.2 Å². The Morgan fingerprint density at radius 3 is 1.96 bits per heavy atom. The molecule has 4 nitrogen and oxygen atoms in total. The molecule has 0 saturated heterocycles. The lowest BCUT2D eigenvalue weighted by molar-refractivity contribution is 0.0367. The summed E-state index contributed by atoms with van der Waals surface area (Å²) in [5.74, 6) is -0.803. The lowest BCUT2D eigenvalue weighted by atomic mass is 9.99. The summed E-state index contributed by atoms with van der Waals surface area (Å²) in [6.45, 7) is 8.95. The maximum absolute atomic E-state index is 12.1. The Labute approximate surface area is 158 Å². The zero-order valence-corrected chi connectivity index (χ0v) is 16.8. The van der Waals surface area contributed by atoms with E-state index in [0.29, 0.717) is 24.3 Å². The molecule has 0 aliphatic carbocycles. The molecule has 146 valence electrons. The Bertz CT molecular complexity index is 558. The van der Waals surface area contributed by atoms with E-state index in [0.717, 1.165) is 12.8 Å². The fraction of sp³-hybridized carbons (Fsp3) is 0.636. The van der Waals surface area contributed by atoms with Gasteiger partial charge in [0.25, 0.3) is 0 Å². The van der Waals surface area contributed by atoms with Gasteiger partial charge in [0.2, 0.25) is 0 Å². The second kappa shape index (κ2) is 11.7. The molecule has 0 saturated carbocycles. The van der Waals surface area contributed by atoms with Gasteiger partial charge >= 0.3 is 11.9 Å². The van der Waals surface area contributed by atoms with Crippen LogP contribution in [0, 0.1) is 5.41 Å². The van der Waals surface area contributed by atoms with Gasteiger partial charge in [-0.2, -0.15) is 0 Å². The zero-order chi connectivity index (χ0) is 19.4. The molecule has 0 amide bonds. The number of rotatable bonds is 11. The van der Waals surface area contributed by atoms with E-state index >= 15 is 0 Å². The van der Waals surface area contributed by atoms with Crippen LogP contribution < -0.4 is 0 Å². The molecular weight excluding hydrogens is 328 g/mol. The topological polar surface area (TPSA) is 52.6 Å². The number of hydrogen-bond acceptors (Lipinski definition) is 4. The molecule has 1 aromatic carbocycles. The third-order valence-electron chi connectivity index (χ3n) is 3.95. The van der Waals surface area contributed by atoms with E-state index in [4.69, 9.17) is 9.47 Å². The maximum Gasteiger partial charge on any atom is 0.338 e. The SMILES string of the molecule is CCCCCCCCCOC(=O)c1cccc(C(=O)OCC(C)(C)C)c1. The highest BCUT2D eigenvalue weighted by atomic mass is 16.5. The van der Waals surface area contributed by atoms with E-state index in [-0.39, 0.29) is 11.4 Å². The van der Waals surface area contributed by atoms with Crippen molar-refractivity contribution >= 4 is 11.9 Å². The van der Waals surface area contributed by atoms with Gasteiger partial charge < -0.3 is 9.47 Å². The van der Waals surface area contributed by atoms with E-state index in [2.05, 4.69) is 6.92 Å². The molecule has 0 N–H and O–H groups in total. The molecule has 26 heavy (non-hydrogen) atoms. The van der Waals surface area contributed by atoms with Crippen LogP contribution in [0.3, 0.4) is 0 Å². The van der Waals surface area contributed by atoms with Crippen LogP contribution in [0.15, 0.2) is 24.3 Å². The van der Waals surface area contributed by atoms with Crippen molar-refractivity contribution in [1.29, 1.82) is 0 Å². The number of esters is 2. The molecule has 0 aliphatic rings. The van der Waals surface area contributed by atoms with Crippen LogP contribution in [0.5, 0.6) is 0 Å². The monoisotopic (exact) mass is 362 g/mol. The Morgan fingerprint density at radius 1 is 0.846 bits per heavy atom. The fourth-order valence-electron chi connectivity index (χ4n) is 2.45. The Morgan fingerprint density at radius 2 is 1.38 bits per heavy atom. The largest absolute Gasteiger partial charge is 0.462 e. The molecule has 0 atom stereocenters. The number of hydrogen-bond donors (Lipinski definition) is 0. The Hall–Kier alpha value is -1.84. The predicted octanol–water partition coefficient (Wildman–Crippen LogP) is 5.80. The van der Waals surface area contributed by atoms with Gasteiger partial charge in [0.15, 0.2) is 0 Å². The minimum absolute atomic E-state index is 0.0945. The Balaban J connectivity index is 2.37. The van der Waals surface area contributed by atoms with Crippen molar-refractivity contribution in [1.82, 2.24) is 0 Å². The lowest BCUT2D eigenvalue weighted by Gasteiger charge is -2.17. The van der Waals surface area contributed by atoms with Gasteiger partial charge in [0.1, 0.15) is 0 Å². The first kappa shape index (κ1) is 22.2. The van der Waals surface area contributed by atoms with Gasteiger partial charge in [-0.25, -0.2) is 9.59 Å². The highest BCUT2D eigenvalue weighted by Crippen LogP contribution is 2.15. The molecule has 0 heterocycles. The minimum atomic E-state index is -0.415. The van der Waals surface area contributed by atoms with Gasteiger partial charge in [-0.3, -0.25) is 0 Å². The fourth-order valence-corrected chi connectivity index (χ4v) is 2.45. The van der Waals surface area contributed by atoms with Crippen LogP contribution in [0.2, 0.25) is 0 Å². The van der Waals surface area contributed by atoms with E-state index in [1.54, 1.807) is 18.2 Å². The molecule has 0 radical (unpaired) electrons. The molecule has 0 spiro atoms. The summed E-state index contributed by atoms with van der Waals surface area (Å²) in [6.07, 6.45) is 8.23.